The number of pyridine rings is 1. The summed E-state index contributed by atoms with van der Waals surface area (Å²) in [7, 11) is -2.74. The van der Waals surface area contributed by atoms with Crippen LogP contribution < -0.4 is 0 Å². The maximum Gasteiger partial charge on any atom is 0.410 e. The molecule has 0 N–H and O–H groups in total. The third-order valence-corrected chi connectivity index (χ3v) is 6.06. The fourth-order valence-corrected chi connectivity index (χ4v) is 4.33. The normalized spacial score (nSPS) is 11.6. The van der Waals surface area contributed by atoms with E-state index in [1.165, 1.54) is 60.6 Å². The van der Waals surface area contributed by atoms with Crippen molar-refractivity contribution >= 4 is 15.9 Å². The molecule has 1 amide bonds. The van der Waals surface area contributed by atoms with Gasteiger partial charge in [-0.1, -0.05) is 6.07 Å². The van der Waals surface area contributed by atoms with Crippen molar-refractivity contribution in [2.24, 2.45) is 0 Å². The van der Waals surface area contributed by atoms with Gasteiger partial charge in [0.25, 0.3) is 0 Å². The lowest BCUT2D eigenvalue weighted by Gasteiger charge is -2.24. The van der Waals surface area contributed by atoms with E-state index in [0.717, 1.165) is 4.68 Å². The molecule has 0 aliphatic rings. The van der Waals surface area contributed by atoms with Gasteiger partial charge in [-0.25, -0.2) is 22.9 Å². The number of hydrogen-bond acceptors (Lipinski definition) is 7. The molecule has 1 aromatic carbocycles. The summed E-state index contributed by atoms with van der Waals surface area (Å²) in [6.45, 7) is 5.07. The van der Waals surface area contributed by atoms with E-state index in [1.807, 2.05) is 6.07 Å². The third kappa shape index (κ3) is 5.35. The predicted molar refractivity (Wildman–Crippen MR) is 116 cm³/mol. The van der Waals surface area contributed by atoms with Crippen molar-refractivity contribution < 1.29 is 22.3 Å². The second kappa shape index (κ2) is 8.99. The highest BCUT2D eigenvalue weighted by molar-refractivity contribution is 7.91. The molecule has 0 saturated carbocycles. The summed E-state index contributed by atoms with van der Waals surface area (Å²) >= 11 is 0. The average Bonchev–Trinajstić information content (AvgIpc) is 3.17. The van der Waals surface area contributed by atoms with Crippen LogP contribution in [0.2, 0.25) is 0 Å². The number of aromatic nitrogens is 3. The maximum absolute atomic E-state index is 14.5. The summed E-state index contributed by atoms with van der Waals surface area (Å²) in [6, 6.07) is 11.4. The molecule has 0 aliphatic heterocycles. The van der Waals surface area contributed by atoms with Crippen LogP contribution in [0.3, 0.4) is 0 Å². The molecule has 172 valence electrons. The molecule has 11 heteroatoms. The van der Waals surface area contributed by atoms with Gasteiger partial charge in [0.1, 0.15) is 11.3 Å². The number of benzene rings is 1. The average molecular weight is 472 g/mol. The number of hydrogen-bond donors (Lipinski definition) is 0. The number of carbonyl (C=O) groups is 1. The molecular weight excluding hydrogens is 449 g/mol. The van der Waals surface area contributed by atoms with Gasteiger partial charge < -0.3 is 9.64 Å². The van der Waals surface area contributed by atoms with Crippen molar-refractivity contribution in [1.29, 1.82) is 5.26 Å². The largest absolute Gasteiger partial charge is 0.444 e. The maximum atomic E-state index is 14.5. The van der Waals surface area contributed by atoms with Gasteiger partial charge in [-0.3, -0.25) is 0 Å². The molecule has 9 nitrogen and oxygen atoms in total. The number of nitriles is 1. The molecule has 3 aromatic rings. The fourth-order valence-electron chi connectivity index (χ4n) is 2.89. The van der Waals surface area contributed by atoms with Crippen LogP contribution in [0.4, 0.5) is 9.18 Å². The van der Waals surface area contributed by atoms with Crippen molar-refractivity contribution in [1.82, 2.24) is 19.7 Å². The zero-order chi connectivity index (χ0) is 24.4. The topological polar surface area (TPSA) is 118 Å². The Hall–Kier alpha value is -3.78. The van der Waals surface area contributed by atoms with E-state index in [-0.39, 0.29) is 33.4 Å². The van der Waals surface area contributed by atoms with E-state index in [2.05, 4.69) is 10.1 Å². The van der Waals surface area contributed by atoms with Gasteiger partial charge in [0.2, 0.25) is 15.8 Å². The minimum Gasteiger partial charge on any atom is -0.444 e. The molecule has 0 saturated heterocycles. The molecule has 0 aliphatic carbocycles. The Balaban J connectivity index is 2.09. The van der Waals surface area contributed by atoms with E-state index in [0.29, 0.717) is 0 Å². The smallest absolute Gasteiger partial charge is 0.410 e. The number of sulfone groups is 1. The zero-order valence-corrected chi connectivity index (χ0v) is 19.3. The van der Waals surface area contributed by atoms with E-state index in [9.17, 15) is 17.6 Å². The Labute approximate surface area is 191 Å². The molecule has 2 heterocycles. The Morgan fingerprint density at radius 2 is 1.97 bits per heavy atom. The first-order chi connectivity index (χ1) is 15.4. The molecule has 0 atom stereocenters. The van der Waals surface area contributed by atoms with Crippen molar-refractivity contribution in [2.45, 2.75) is 42.8 Å². The molecule has 0 bridgehead atoms. The molecule has 2 aromatic heterocycles. The summed E-state index contributed by atoms with van der Waals surface area (Å²) in [5.74, 6) is -0.921. The molecule has 3 rings (SSSR count). The van der Waals surface area contributed by atoms with Crippen molar-refractivity contribution in [3.05, 3.63) is 65.9 Å². The summed E-state index contributed by atoms with van der Waals surface area (Å²) < 4.78 is 47.5. The highest BCUT2D eigenvalue weighted by atomic mass is 32.2. The van der Waals surface area contributed by atoms with Crippen LogP contribution in [0, 0.1) is 17.3 Å². The van der Waals surface area contributed by atoms with Crippen molar-refractivity contribution in [2.75, 3.05) is 7.05 Å². The SMILES string of the molecule is CN(Cc1cc(S(=O)(=O)c2cccc(C#N)c2)n(-c2cccnc2F)n1)C(=O)OC(C)(C)C. The van der Waals surface area contributed by atoms with Crippen LogP contribution >= 0.6 is 0 Å². The lowest BCUT2D eigenvalue weighted by Crippen LogP contribution is -2.33. The van der Waals surface area contributed by atoms with Gasteiger partial charge in [0.05, 0.1) is 28.8 Å². The fraction of sp³-hybridized carbons (Fsp3) is 0.273. The lowest BCUT2D eigenvalue weighted by molar-refractivity contribution is 0.0283. The minimum absolute atomic E-state index is 0.0927. The number of nitrogens with zero attached hydrogens (tertiary/aromatic N) is 5. The van der Waals surface area contributed by atoms with Crippen LogP contribution in [0.15, 0.2) is 58.6 Å². The van der Waals surface area contributed by atoms with E-state index < -0.39 is 27.5 Å². The summed E-state index contributed by atoms with van der Waals surface area (Å²) in [5, 5.41) is 13.0. The standard InChI is InChI=1S/C22H22FN5O4S/c1-22(2,3)32-21(29)27(4)14-16-12-19(28(26-16)18-9-6-10-25-20(18)23)33(30,31)17-8-5-7-15(11-17)13-24/h5-12H,14H2,1-4H3. The van der Waals surface area contributed by atoms with Gasteiger partial charge in [0, 0.05) is 19.3 Å². The number of halogens is 1. The molecule has 0 spiro atoms. The molecule has 0 radical (unpaired) electrons. The zero-order valence-electron chi connectivity index (χ0n) is 18.5. The first-order valence-corrected chi connectivity index (χ1v) is 11.3. The second-order valence-corrected chi connectivity index (χ2v) is 10.1. The molecule has 0 unspecified atom stereocenters. The van der Waals surface area contributed by atoms with Crippen LogP contribution in [0.1, 0.15) is 32.0 Å². The van der Waals surface area contributed by atoms with Gasteiger partial charge in [-0.2, -0.15) is 14.8 Å². The van der Waals surface area contributed by atoms with Crippen LogP contribution in [-0.2, 0) is 21.1 Å². The third-order valence-electron chi connectivity index (χ3n) is 4.35. The Bertz CT molecular complexity index is 1340. The van der Waals surface area contributed by atoms with Gasteiger partial charge >= 0.3 is 6.09 Å². The van der Waals surface area contributed by atoms with E-state index in [4.69, 9.17) is 10.00 Å². The summed E-state index contributed by atoms with van der Waals surface area (Å²) in [4.78, 5) is 17.0. The number of rotatable bonds is 5. The second-order valence-electron chi connectivity index (χ2n) is 8.18. The minimum atomic E-state index is -4.21. The van der Waals surface area contributed by atoms with Gasteiger partial charge in [-0.15, -0.1) is 0 Å². The van der Waals surface area contributed by atoms with Crippen LogP contribution in [-0.4, -0.2) is 46.8 Å². The summed E-state index contributed by atoms with van der Waals surface area (Å²) in [6.07, 6.45) is 0.597. The monoisotopic (exact) mass is 471 g/mol. The Morgan fingerprint density at radius 3 is 2.61 bits per heavy atom. The first kappa shape index (κ1) is 23.9. The van der Waals surface area contributed by atoms with Gasteiger partial charge in [0.15, 0.2) is 5.03 Å². The predicted octanol–water partition coefficient (Wildman–Crippen LogP) is 3.48. The highest BCUT2D eigenvalue weighted by Crippen LogP contribution is 2.26. The molecular formula is C22H22FN5O4S. The first-order valence-electron chi connectivity index (χ1n) is 9.81. The van der Waals surface area contributed by atoms with Crippen LogP contribution in [0.25, 0.3) is 5.69 Å². The number of amides is 1. The van der Waals surface area contributed by atoms with Gasteiger partial charge in [-0.05, 0) is 51.1 Å². The van der Waals surface area contributed by atoms with Crippen LogP contribution in [0.5, 0.6) is 0 Å². The number of ether oxygens (including phenoxy) is 1. The number of carbonyl (C=O) groups excluding carboxylic acids is 1. The summed E-state index contributed by atoms with van der Waals surface area (Å²) in [5.41, 5.74) is -0.566. The Kier molecular flexibility index (Phi) is 6.51. The quantitative estimate of drug-likeness (QED) is 0.523. The lowest BCUT2D eigenvalue weighted by atomic mass is 10.2. The van der Waals surface area contributed by atoms with E-state index in [1.54, 1.807) is 20.8 Å². The highest BCUT2D eigenvalue weighted by Gasteiger charge is 2.28. The van der Waals surface area contributed by atoms with Crippen molar-refractivity contribution in [3.8, 4) is 11.8 Å². The Morgan fingerprint density at radius 1 is 1.24 bits per heavy atom. The molecule has 33 heavy (non-hydrogen) atoms. The van der Waals surface area contributed by atoms with Crippen molar-refractivity contribution in [3.63, 3.8) is 0 Å². The molecule has 0 fully saturated rings. The van der Waals surface area contributed by atoms with E-state index >= 15 is 0 Å².